The van der Waals surface area contributed by atoms with Crippen molar-refractivity contribution < 1.29 is 14.3 Å². The Morgan fingerprint density at radius 3 is 2.40 bits per heavy atom. The quantitative estimate of drug-likeness (QED) is 0.710. The van der Waals surface area contributed by atoms with Gasteiger partial charge in [0.15, 0.2) is 0 Å². The highest BCUT2D eigenvalue weighted by molar-refractivity contribution is 5.80. The van der Waals surface area contributed by atoms with Crippen LogP contribution in [0.3, 0.4) is 0 Å². The molecule has 0 spiro atoms. The Bertz CT molecular complexity index is 216. The van der Waals surface area contributed by atoms with Crippen LogP contribution in [0.2, 0.25) is 0 Å². The summed E-state index contributed by atoms with van der Waals surface area (Å²) in [6.07, 6.45) is 1.98. The molecule has 2 atom stereocenters. The zero-order valence-electron chi connectivity index (χ0n) is 10.0. The van der Waals surface area contributed by atoms with Gasteiger partial charge in [-0.3, -0.25) is 9.59 Å². The van der Waals surface area contributed by atoms with Gasteiger partial charge in [-0.2, -0.15) is 0 Å². The fraction of sp³-hybridized carbons (Fsp3) is 0.818. The van der Waals surface area contributed by atoms with Gasteiger partial charge in [0.05, 0.1) is 6.10 Å². The molecule has 15 heavy (non-hydrogen) atoms. The first kappa shape index (κ1) is 13.9. The van der Waals surface area contributed by atoms with Gasteiger partial charge in [0.25, 0.3) is 0 Å². The van der Waals surface area contributed by atoms with Crippen LogP contribution in [0.5, 0.6) is 0 Å². The number of carbonyl (C=O) groups excluding carboxylic acids is 2. The van der Waals surface area contributed by atoms with Gasteiger partial charge in [0.2, 0.25) is 5.91 Å². The molecular formula is C11H21NO3. The van der Waals surface area contributed by atoms with Gasteiger partial charge < -0.3 is 10.1 Å². The van der Waals surface area contributed by atoms with Crippen molar-refractivity contribution in [2.75, 3.05) is 6.54 Å². The SMILES string of the molecule is CC1CCNC1=O.CCC(C)OC(C)=O. The van der Waals surface area contributed by atoms with Crippen molar-refractivity contribution >= 4 is 11.9 Å². The number of hydrogen-bond donors (Lipinski definition) is 1. The smallest absolute Gasteiger partial charge is 0.302 e. The number of hydrogen-bond acceptors (Lipinski definition) is 3. The van der Waals surface area contributed by atoms with Gasteiger partial charge in [0, 0.05) is 19.4 Å². The van der Waals surface area contributed by atoms with E-state index >= 15 is 0 Å². The molecule has 1 saturated heterocycles. The molecule has 1 heterocycles. The molecule has 0 aliphatic carbocycles. The minimum atomic E-state index is -0.195. The summed E-state index contributed by atoms with van der Waals surface area (Å²) in [5.74, 6) is 0.277. The Hall–Kier alpha value is -1.06. The lowest BCUT2D eigenvalue weighted by Gasteiger charge is -2.06. The van der Waals surface area contributed by atoms with Crippen LogP contribution in [0.4, 0.5) is 0 Å². The topological polar surface area (TPSA) is 55.4 Å². The van der Waals surface area contributed by atoms with E-state index in [1.165, 1.54) is 6.92 Å². The molecule has 0 radical (unpaired) electrons. The average molecular weight is 215 g/mol. The van der Waals surface area contributed by atoms with Crippen molar-refractivity contribution in [1.82, 2.24) is 5.32 Å². The minimum Gasteiger partial charge on any atom is -0.463 e. The summed E-state index contributed by atoms with van der Waals surface area (Å²) < 4.78 is 4.76. The molecule has 1 aliphatic rings. The van der Waals surface area contributed by atoms with Crippen LogP contribution < -0.4 is 5.32 Å². The van der Waals surface area contributed by atoms with E-state index in [1.54, 1.807) is 0 Å². The van der Waals surface area contributed by atoms with E-state index in [4.69, 9.17) is 4.74 Å². The Morgan fingerprint density at radius 1 is 1.67 bits per heavy atom. The Morgan fingerprint density at radius 2 is 2.27 bits per heavy atom. The zero-order valence-corrected chi connectivity index (χ0v) is 10.0. The van der Waals surface area contributed by atoms with Crippen LogP contribution >= 0.6 is 0 Å². The van der Waals surface area contributed by atoms with E-state index in [9.17, 15) is 9.59 Å². The molecule has 88 valence electrons. The lowest BCUT2D eigenvalue weighted by atomic mass is 10.1. The van der Waals surface area contributed by atoms with Crippen LogP contribution in [0, 0.1) is 5.92 Å². The van der Waals surface area contributed by atoms with Crippen LogP contribution in [-0.4, -0.2) is 24.5 Å². The van der Waals surface area contributed by atoms with E-state index in [2.05, 4.69) is 5.32 Å². The molecule has 1 aliphatic heterocycles. The molecule has 0 saturated carbocycles. The fourth-order valence-corrected chi connectivity index (χ4v) is 1.08. The first-order valence-electron chi connectivity index (χ1n) is 5.42. The van der Waals surface area contributed by atoms with Crippen LogP contribution in [0.15, 0.2) is 0 Å². The molecule has 1 amide bonds. The maximum absolute atomic E-state index is 10.5. The maximum Gasteiger partial charge on any atom is 0.302 e. The van der Waals surface area contributed by atoms with Crippen molar-refractivity contribution in [2.45, 2.75) is 46.6 Å². The first-order chi connectivity index (χ1) is 6.97. The third-order valence-corrected chi connectivity index (χ3v) is 2.27. The Kier molecular flexibility index (Phi) is 6.75. The van der Waals surface area contributed by atoms with Gasteiger partial charge in [-0.25, -0.2) is 0 Å². The van der Waals surface area contributed by atoms with Gasteiger partial charge >= 0.3 is 5.97 Å². The molecule has 2 unspecified atom stereocenters. The number of esters is 1. The normalized spacial score (nSPS) is 21.1. The zero-order chi connectivity index (χ0) is 11.8. The Labute approximate surface area is 91.4 Å². The summed E-state index contributed by atoms with van der Waals surface area (Å²) in [7, 11) is 0. The third-order valence-electron chi connectivity index (χ3n) is 2.27. The van der Waals surface area contributed by atoms with E-state index in [1.807, 2.05) is 20.8 Å². The number of ether oxygens (including phenoxy) is 1. The molecule has 1 N–H and O–H groups in total. The average Bonchev–Trinajstić information content (AvgIpc) is 2.51. The summed E-state index contributed by atoms with van der Waals surface area (Å²) in [6.45, 7) is 8.10. The van der Waals surface area contributed by atoms with Crippen molar-refractivity contribution in [1.29, 1.82) is 0 Å². The summed E-state index contributed by atoms with van der Waals surface area (Å²) in [5.41, 5.74) is 0. The van der Waals surface area contributed by atoms with E-state index in [-0.39, 0.29) is 23.9 Å². The molecular weight excluding hydrogens is 194 g/mol. The first-order valence-corrected chi connectivity index (χ1v) is 5.42. The summed E-state index contributed by atoms with van der Waals surface area (Å²) in [6, 6.07) is 0. The lowest BCUT2D eigenvalue weighted by Crippen LogP contribution is -2.16. The largest absolute Gasteiger partial charge is 0.463 e. The van der Waals surface area contributed by atoms with Crippen molar-refractivity contribution in [3.63, 3.8) is 0 Å². The molecule has 0 bridgehead atoms. The van der Waals surface area contributed by atoms with Crippen LogP contribution in [-0.2, 0) is 14.3 Å². The summed E-state index contributed by atoms with van der Waals surface area (Å²) >= 11 is 0. The number of amides is 1. The molecule has 1 fully saturated rings. The molecule has 4 heteroatoms. The molecule has 4 nitrogen and oxygen atoms in total. The van der Waals surface area contributed by atoms with Crippen molar-refractivity contribution in [3.05, 3.63) is 0 Å². The standard InChI is InChI=1S/C6H12O2.C5H9NO/c1-4-5(2)8-6(3)7;1-4-2-3-6-5(4)7/h5H,4H2,1-3H3;4H,2-3H2,1H3,(H,6,7). The summed E-state index contributed by atoms with van der Waals surface area (Å²) in [5, 5.41) is 2.73. The van der Waals surface area contributed by atoms with Crippen LogP contribution in [0.25, 0.3) is 0 Å². The van der Waals surface area contributed by atoms with Gasteiger partial charge in [-0.05, 0) is 19.8 Å². The van der Waals surface area contributed by atoms with Gasteiger partial charge in [-0.15, -0.1) is 0 Å². The Balaban J connectivity index is 0.000000262. The minimum absolute atomic E-state index is 0.0764. The second-order valence-corrected chi connectivity index (χ2v) is 3.81. The second kappa shape index (κ2) is 7.26. The van der Waals surface area contributed by atoms with E-state index in [0.29, 0.717) is 0 Å². The highest BCUT2D eigenvalue weighted by Crippen LogP contribution is 2.05. The number of carbonyl (C=O) groups is 2. The van der Waals surface area contributed by atoms with Crippen molar-refractivity contribution in [2.24, 2.45) is 5.92 Å². The van der Waals surface area contributed by atoms with Gasteiger partial charge in [-0.1, -0.05) is 13.8 Å². The van der Waals surface area contributed by atoms with E-state index in [0.717, 1.165) is 19.4 Å². The van der Waals surface area contributed by atoms with Crippen molar-refractivity contribution in [3.8, 4) is 0 Å². The lowest BCUT2D eigenvalue weighted by molar-refractivity contribution is -0.145. The fourth-order valence-electron chi connectivity index (χ4n) is 1.08. The van der Waals surface area contributed by atoms with Gasteiger partial charge in [0.1, 0.15) is 0 Å². The second-order valence-electron chi connectivity index (χ2n) is 3.81. The molecule has 1 rings (SSSR count). The number of nitrogens with one attached hydrogen (secondary N) is 1. The summed E-state index contributed by atoms with van der Waals surface area (Å²) in [4.78, 5) is 20.7. The number of rotatable bonds is 2. The van der Waals surface area contributed by atoms with Crippen LogP contribution in [0.1, 0.15) is 40.5 Å². The monoisotopic (exact) mass is 215 g/mol. The molecule has 0 aromatic rings. The van der Waals surface area contributed by atoms with E-state index < -0.39 is 0 Å². The third kappa shape index (κ3) is 6.94. The highest BCUT2D eigenvalue weighted by Gasteiger charge is 2.17. The predicted molar refractivity (Wildman–Crippen MR) is 58.3 cm³/mol. The maximum atomic E-state index is 10.5. The predicted octanol–water partition coefficient (Wildman–Crippen LogP) is 1.49. The molecule has 0 aromatic heterocycles. The molecule has 0 aromatic carbocycles. The highest BCUT2D eigenvalue weighted by atomic mass is 16.5.